The summed E-state index contributed by atoms with van der Waals surface area (Å²) in [6.45, 7) is 4.52. The van der Waals surface area contributed by atoms with Gasteiger partial charge in [0.1, 0.15) is 5.60 Å². The zero-order valence-corrected chi connectivity index (χ0v) is 13.2. The Labute approximate surface area is 126 Å². The fraction of sp³-hybridized carbons (Fsp3) is 0.357. The van der Waals surface area contributed by atoms with E-state index in [4.69, 9.17) is 11.6 Å². The predicted molar refractivity (Wildman–Crippen MR) is 80.3 cm³/mol. The second-order valence-corrected chi connectivity index (χ2v) is 6.02. The molecule has 1 atom stereocenters. The Morgan fingerprint density at radius 1 is 1.37 bits per heavy atom. The quantitative estimate of drug-likeness (QED) is 0.917. The first-order chi connectivity index (χ1) is 8.94. The molecule has 1 heterocycles. The molecule has 0 radical (unpaired) electrons. The molecule has 1 aromatic carbocycles. The van der Waals surface area contributed by atoms with Crippen molar-refractivity contribution in [1.29, 1.82) is 0 Å². The first-order valence-corrected chi connectivity index (χ1v) is 7.29. The smallest absolute Gasteiger partial charge is 0.109 e. The normalized spacial score (nSPS) is 14.4. The number of nitrogens with zero attached hydrogens (tertiary/aromatic N) is 2. The van der Waals surface area contributed by atoms with Gasteiger partial charge in [-0.1, -0.05) is 23.7 Å². The van der Waals surface area contributed by atoms with Gasteiger partial charge in [0.05, 0.1) is 16.4 Å². The molecular formula is C14H16BrClN2O. The lowest BCUT2D eigenvalue weighted by Gasteiger charge is -2.25. The maximum atomic E-state index is 10.8. The van der Waals surface area contributed by atoms with Crippen LogP contribution in [-0.2, 0) is 18.6 Å². The molecule has 5 heteroatoms. The number of aliphatic hydroxyl groups is 1. The highest BCUT2D eigenvalue weighted by atomic mass is 79.9. The van der Waals surface area contributed by atoms with E-state index < -0.39 is 5.60 Å². The third kappa shape index (κ3) is 3.19. The number of hydrogen-bond donors (Lipinski definition) is 1. The van der Waals surface area contributed by atoms with Crippen LogP contribution in [0.1, 0.15) is 25.1 Å². The number of halogens is 2. The van der Waals surface area contributed by atoms with Crippen molar-refractivity contribution < 1.29 is 5.11 Å². The number of rotatable bonds is 4. The van der Waals surface area contributed by atoms with Crippen molar-refractivity contribution in [2.75, 3.05) is 0 Å². The van der Waals surface area contributed by atoms with Gasteiger partial charge in [-0.3, -0.25) is 4.68 Å². The van der Waals surface area contributed by atoms with Crippen LogP contribution >= 0.6 is 27.5 Å². The van der Waals surface area contributed by atoms with Gasteiger partial charge < -0.3 is 5.11 Å². The average molecular weight is 344 g/mol. The summed E-state index contributed by atoms with van der Waals surface area (Å²) in [6, 6.07) is 7.52. The second-order valence-electron chi connectivity index (χ2n) is 4.73. The maximum absolute atomic E-state index is 10.8. The van der Waals surface area contributed by atoms with Crippen molar-refractivity contribution in [1.82, 2.24) is 9.78 Å². The molecule has 3 nitrogen and oxygen atoms in total. The van der Waals surface area contributed by atoms with Gasteiger partial charge in [0.25, 0.3) is 0 Å². The van der Waals surface area contributed by atoms with Crippen LogP contribution in [0.5, 0.6) is 0 Å². The van der Waals surface area contributed by atoms with E-state index >= 15 is 0 Å². The van der Waals surface area contributed by atoms with Gasteiger partial charge in [-0.05, 0) is 47.5 Å². The summed E-state index contributed by atoms with van der Waals surface area (Å²) in [7, 11) is 0. The minimum absolute atomic E-state index is 0.508. The summed E-state index contributed by atoms with van der Waals surface area (Å²) in [5.74, 6) is 0. The van der Waals surface area contributed by atoms with Gasteiger partial charge in [0.2, 0.25) is 0 Å². The first kappa shape index (κ1) is 14.6. The highest BCUT2D eigenvalue weighted by Crippen LogP contribution is 2.31. The van der Waals surface area contributed by atoms with Crippen LogP contribution in [-0.4, -0.2) is 14.9 Å². The number of aryl methyl sites for hydroxylation is 1. The van der Waals surface area contributed by atoms with Gasteiger partial charge in [-0.2, -0.15) is 5.10 Å². The predicted octanol–water partition coefficient (Wildman–Crippen LogP) is 3.77. The lowest BCUT2D eigenvalue weighted by atomic mass is 9.93. The number of hydrogen-bond acceptors (Lipinski definition) is 2. The van der Waals surface area contributed by atoms with Crippen LogP contribution < -0.4 is 0 Å². The van der Waals surface area contributed by atoms with Crippen LogP contribution in [0.4, 0.5) is 0 Å². The molecule has 102 valence electrons. The van der Waals surface area contributed by atoms with Crippen molar-refractivity contribution in [3.8, 4) is 0 Å². The van der Waals surface area contributed by atoms with E-state index in [1.807, 2.05) is 31.2 Å². The Kier molecular flexibility index (Phi) is 4.33. The van der Waals surface area contributed by atoms with Crippen LogP contribution in [0.2, 0.25) is 5.02 Å². The molecule has 0 spiro atoms. The summed E-state index contributed by atoms with van der Waals surface area (Å²) >= 11 is 9.33. The third-order valence-corrected chi connectivity index (χ3v) is 3.90. The number of aromatic nitrogens is 2. The molecule has 19 heavy (non-hydrogen) atoms. The molecule has 0 aliphatic heterocycles. The van der Waals surface area contributed by atoms with Gasteiger partial charge in [0.15, 0.2) is 0 Å². The summed E-state index contributed by atoms with van der Waals surface area (Å²) in [5, 5.41) is 15.7. The average Bonchev–Trinajstić information content (AvgIpc) is 2.74. The minimum atomic E-state index is -0.987. The standard InChI is InChI=1S/C14H16BrClN2O/c1-3-18-13(12(15)9-17-18)14(2,19)8-10-4-6-11(16)7-5-10/h4-7,9,19H,3,8H2,1-2H3. The fourth-order valence-electron chi connectivity index (χ4n) is 2.22. The van der Waals surface area contributed by atoms with Crippen LogP contribution in [0.3, 0.4) is 0 Å². The second kappa shape index (κ2) is 5.65. The molecule has 0 saturated carbocycles. The SMILES string of the molecule is CCn1ncc(Br)c1C(C)(O)Cc1ccc(Cl)cc1. The zero-order valence-electron chi connectivity index (χ0n) is 10.9. The topological polar surface area (TPSA) is 38.0 Å². The minimum Gasteiger partial charge on any atom is -0.383 e. The highest BCUT2D eigenvalue weighted by molar-refractivity contribution is 9.10. The lowest BCUT2D eigenvalue weighted by Crippen LogP contribution is -2.28. The van der Waals surface area contributed by atoms with E-state index in [0.717, 1.165) is 22.3 Å². The van der Waals surface area contributed by atoms with Crippen molar-refractivity contribution in [3.63, 3.8) is 0 Å². The van der Waals surface area contributed by atoms with Crippen LogP contribution in [0, 0.1) is 0 Å². The van der Waals surface area contributed by atoms with Crippen LogP contribution in [0.15, 0.2) is 34.9 Å². The first-order valence-electron chi connectivity index (χ1n) is 6.12. The van der Waals surface area contributed by atoms with E-state index in [9.17, 15) is 5.11 Å². The van der Waals surface area contributed by atoms with Gasteiger partial charge in [-0.25, -0.2) is 0 Å². The molecule has 1 N–H and O–H groups in total. The van der Waals surface area contributed by atoms with Gasteiger partial charge >= 0.3 is 0 Å². The Hall–Kier alpha value is -0.840. The monoisotopic (exact) mass is 342 g/mol. The van der Waals surface area contributed by atoms with E-state index in [0.29, 0.717) is 11.4 Å². The molecule has 2 rings (SSSR count). The van der Waals surface area contributed by atoms with E-state index in [-0.39, 0.29) is 0 Å². The molecule has 1 aromatic heterocycles. The molecule has 1 unspecified atom stereocenters. The van der Waals surface area contributed by atoms with E-state index in [1.165, 1.54) is 0 Å². The van der Waals surface area contributed by atoms with Crippen molar-refractivity contribution in [2.45, 2.75) is 32.4 Å². The molecule has 0 fully saturated rings. The summed E-state index contributed by atoms with van der Waals surface area (Å²) in [5.41, 5.74) is 0.842. The van der Waals surface area contributed by atoms with Crippen molar-refractivity contribution in [3.05, 3.63) is 51.2 Å². The molecule has 0 bridgehead atoms. The van der Waals surface area contributed by atoms with Gasteiger partial charge in [0, 0.05) is 18.0 Å². The highest BCUT2D eigenvalue weighted by Gasteiger charge is 2.30. The Morgan fingerprint density at radius 3 is 2.58 bits per heavy atom. The molecule has 0 saturated heterocycles. The molecular weight excluding hydrogens is 328 g/mol. The Morgan fingerprint density at radius 2 is 2.00 bits per heavy atom. The third-order valence-electron chi connectivity index (χ3n) is 3.07. The molecule has 0 amide bonds. The maximum Gasteiger partial charge on any atom is 0.109 e. The molecule has 2 aromatic rings. The van der Waals surface area contributed by atoms with Crippen LogP contribution in [0.25, 0.3) is 0 Å². The van der Waals surface area contributed by atoms with E-state index in [1.54, 1.807) is 17.8 Å². The van der Waals surface area contributed by atoms with Crippen molar-refractivity contribution >= 4 is 27.5 Å². The summed E-state index contributed by atoms with van der Waals surface area (Å²) in [6.07, 6.45) is 2.23. The van der Waals surface area contributed by atoms with E-state index in [2.05, 4.69) is 21.0 Å². The summed E-state index contributed by atoms with van der Waals surface area (Å²) in [4.78, 5) is 0. The Balaban J connectivity index is 2.31. The summed E-state index contributed by atoms with van der Waals surface area (Å²) < 4.78 is 2.63. The zero-order chi connectivity index (χ0) is 14.0. The largest absolute Gasteiger partial charge is 0.383 e. The number of benzene rings is 1. The lowest BCUT2D eigenvalue weighted by molar-refractivity contribution is 0.0472. The Bertz CT molecular complexity index is 563. The fourth-order valence-corrected chi connectivity index (χ4v) is 3.07. The molecule has 0 aliphatic carbocycles. The van der Waals surface area contributed by atoms with Gasteiger partial charge in [-0.15, -0.1) is 0 Å². The molecule has 0 aliphatic rings. The van der Waals surface area contributed by atoms with Crippen molar-refractivity contribution in [2.24, 2.45) is 0 Å².